The second-order valence-electron chi connectivity index (χ2n) is 8.90. The minimum atomic E-state index is -3.88. The van der Waals surface area contributed by atoms with Crippen molar-refractivity contribution in [1.82, 2.24) is 14.3 Å². The molecule has 1 amide bonds. The molecule has 0 spiro atoms. The molecule has 5 rings (SSSR count). The third-order valence-electron chi connectivity index (χ3n) is 6.27. The van der Waals surface area contributed by atoms with Crippen LogP contribution in [0.5, 0.6) is 0 Å². The van der Waals surface area contributed by atoms with E-state index in [9.17, 15) is 13.2 Å². The second-order valence-corrected chi connectivity index (χ2v) is 12.2. The summed E-state index contributed by atoms with van der Waals surface area (Å²) >= 11 is 7.39. The fraction of sp³-hybridized carbons (Fsp3) is 0.269. The first-order valence-electron chi connectivity index (χ1n) is 11.6. The highest BCUT2D eigenvalue weighted by Crippen LogP contribution is 2.35. The number of pyridine rings is 1. The lowest BCUT2D eigenvalue weighted by molar-refractivity contribution is -0.121. The number of fused-ring (bicyclic) bond motifs is 1. The van der Waals surface area contributed by atoms with Gasteiger partial charge >= 0.3 is 0 Å². The summed E-state index contributed by atoms with van der Waals surface area (Å²) in [6.45, 7) is 4.50. The third kappa shape index (κ3) is 4.76. The number of amides is 1. The Kier molecular flexibility index (Phi) is 6.82. The van der Waals surface area contributed by atoms with Gasteiger partial charge in [0.15, 0.2) is 5.13 Å². The average molecular weight is 541 g/mol. The van der Waals surface area contributed by atoms with Crippen LogP contribution in [-0.4, -0.2) is 41.2 Å². The van der Waals surface area contributed by atoms with E-state index in [4.69, 9.17) is 16.6 Å². The molecule has 10 heteroatoms. The van der Waals surface area contributed by atoms with E-state index in [1.807, 2.05) is 32.0 Å². The molecular weight excluding hydrogens is 516 g/mol. The van der Waals surface area contributed by atoms with Crippen molar-refractivity contribution in [2.24, 2.45) is 0 Å². The summed E-state index contributed by atoms with van der Waals surface area (Å²) in [5.41, 5.74) is 3.69. The first-order chi connectivity index (χ1) is 17.2. The molecule has 186 valence electrons. The van der Waals surface area contributed by atoms with Crippen LogP contribution in [0.2, 0.25) is 5.02 Å². The number of rotatable bonds is 6. The maximum absolute atomic E-state index is 14.1. The monoisotopic (exact) mass is 540 g/mol. The number of hydrogen-bond donors (Lipinski definition) is 0. The van der Waals surface area contributed by atoms with Crippen LogP contribution in [0.3, 0.4) is 0 Å². The van der Waals surface area contributed by atoms with Crippen LogP contribution in [0.1, 0.15) is 29.7 Å². The van der Waals surface area contributed by atoms with Crippen LogP contribution >= 0.6 is 22.9 Å². The zero-order valence-electron chi connectivity index (χ0n) is 19.9. The average Bonchev–Trinajstić information content (AvgIpc) is 3.51. The lowest BCUT2D eigenvalue weighted by Crippen LogP contribution is -2.47. The summed E-state index contributed by atoms with van der Waals surface area (Å²) in [4.78, 5) is 25.0. The molecule has 1 atom stereocenters. The van der Waals surface area contributed by atoms with Gasteiger partial charge in [0.05, 0.1) is 27.4 Å². The van der Waals surface area contributed by atoms with Gasteiger partial charge in [-0.3, -0.25) is 14.7 Å². The van der Waals surface area contributed by atoms with Crippen LogP contribution in [0, 0.1) is 13.8 Å². The summed E-state index contributed by atoms with van der Waals surface area (Å²) in [5.74, 6) is -0.302. The molecule has 0 radical (unpaired) electrons. The van der Waals surface area contributed by atoms with Gasteiger partial charge in [0.1, 0.15) is 6.04 Å². The smallest absolute Gasteiger partial charge is 0.247 e. The largest absolute Gasteiger partial charge is 0.281 e. The van der Waals surface area contributed by atoms with Gasteiger partial charge in [0.2, 0.25) is 15.9 Å². The molecule has 1 fully saturated rings. The number of halogens is 1. The van der Waals surface area contributed by atoms with E-state index in [0.717, 1.165) is 21.3 Å². The molecule has 2 aromatic heterocycles. The van der Waals surface area contributed by atoms with Gasteiger partial charge in [-0.15, -0.1) is 0 Å². The van der Waals surface area contributed by atoms with Gasteiger partial charge in [-0.1, -0.05) is 35.1 Å². The van der Waals surface area contributed by atoms with Crippen molar-refractivity contribution in [2.75, 3.05) is 11.4 Å². The van der Waals surface area contributed by atoms with E-state index in [1.54, 1.807) is 23.2 Å². The topological polar surface area (TPSA) is 83.5 Å². The molecule has 0 aliphatic carbocycles. The van der Waals surface area contributed by atoms with E-state index in [2.05, 4.69) is 17.1 Å². The number of anilines is 1. The number of sulfonamides is 1. The van der Waals surface area contributed by atoms with E-state index in [-0.39, 0.29) is 23.9 Å². The molecule has 36 heavy (non-hydrogen) atoms. The molecule has 1 aliphatic heterocycles. The van der Waals surface area contributed by atoms with Crippen LogP contribution in [0.15, 0.2) is 65.7 Å². The summed E-state index contributed by atoms with van der Waals surface area (Å²) < 4.78 is 29.3. The highest BCUT2D eigenvalue weighted by atomic mass is 35.5. The van der Waals surface area contributed by atoms with Gasteiger partial charge < -0.3 is 0 Å². The van der Waals surface area contributed by atoms with Crippen LogP contribution in [0.4, 0.5) is 5.13 Å². The first kappa shape index (κ1) is 24.8. The lowest BCUT2D eigenvalue weighted by atomic mass is 10.1. The molecule has 0 saturated carbocycles. The Morgan fingerprint density at radius 3 is 2.67 bits per heavy atom. The molecule has 1 saturated heterocycles. The van der Waals surface area contributed by atoms with E-state index in [1.165, 1.54) is 27.8 Å². The van der Waals surface area contributed by atoms with Gasteiger partial charge in [-0.2, -0.15) is 4.31 Å². The van der Waals surface area contributed by atoms with Crippen molar-refractivity contribution in [3.05, 3.63) is 82.6 Å². The van der Waals surface area contributed by atoms with Crippen molar-refractivity contribution in [3.8, 4) is 0 Å². The molecule has 7 nitrogen and oxygen atoms in total. The number of nitrogens with zero attached hydrogens (tertiary/aromatic N) is 4. The van der Waals surface area contributed by atoms with E-state index >= 15 is 0 Å². The first-order valence-corrected chi connectivity index (χ1v) is 14.2. The number of aromatic nitrogens is 2. The predicted molar refractivity (Wildman–Crippen MR) is 143 cm³/mol. The number of aryl methyl sites for hydroxylation is 2. The Labute approximate surface area is 219 Å². The maximum atomic E-state index is 14.1. The predicted octanol–water partition coefficient (Wildman–Crippen LogP) is 5.35. The Morgan fingerprint density at radius 1 is 1.17 bits per heavy atom. The fourth-order valence-electron chi connectivity index (χ4n) is 4.56. The molecule has 1 aliphatic rings. The maximum Gasteiger partial charge on any atom is 0.247 e. The van der Waals surface area contributed by atoms with Crippen LogP contribution < -0.4 is 4.90 Å². The fourth-order valence-corrected chi connectivity index (χ4v) is 7.49. The van der Waals surface area contributed by atoms with E-state index in [0.29, 0.717) is 28.7 Å². The Hall–Kier alpha value is -2.85. The van der Waals surface area contributed by atoms with Crippen molar-refractivity contribution in [1.29, 1.82) is 0 Å². The Morgan fingerprint density at radius 2 is 1.94 bits per heavy atom. The van der Waals surface area contributed by atoms with Crippen molar-refractivity contribution < 1.29 is 13.2 Å². The summed E-state index contributed by atoms with van der Waals surface area (Å²) in [5, 5.41) is 0.982. The summed E-state index contributed by atoms with van der Waals surface area (Å²) in [6.07, 6.45) is 2.71. The van der Waals surface area contributed by atoms with Crippen LogP contribution in [-0.2, 0) is 21.4 Å². The zero-order chi connectivity index (χ0) is 25.4. The van der Waals surface area contributed by atoms with Crippen molar-refractivity contribution >= 4 is 54.2 Å². The summed E-state index contributed by atoms with van der Waals surface area (Å²) in [6, 6.07) is 14.8. The van der Waals surface area contributed by atoms with Crippen LogP contribution in [0.25, 0.3) is 10.2 Å². The Bertz CT molecular complexity index is 1520. The summed E-state index contributed by atoms with van der Waals surface area (Å²) in [7, 11) is -3.88. The highest BCUT2D eigenvalue weighted by molar-refractivity contribution is 7.89. The number of thiazole rings is 1. The molecular formula is C26H25ClN4O3S2. The second kappa shape index (κ2) is 9.89. The van der Waals surface area contributed by atoms with Gasteiger partial charge in [-0.25, -0.2) is 13.4 Å². The lowest BCUT2D eigenvalue weighted by Gasteiger charge is -2.28. The number of carbonyl (C=O) groups excluding carboxylic acids is 1. The van der Waals surface area contributed by atoms with Gasteiger partial charge in [0.25, 0.3) is 0 Å². The molecule has 0 bridgehead atoms. The standard InChI is InChI=1S/C26H25ClN4O3S2/c1-17-14-18(2)24-23(15-17)35-26(29-24)30(16-20-6-3-4-12-28-20)25(32)22-7-5-13-31(22)36(33,34)21-10-8-19(27)9-11-21/h3-4,6,8-12,14-15,22H,5,7,13,16H2,1-2H3. The molecule has 1 unspecified atom stereocenters. The van der Waals surface area contributed by atoms with Gasteiger partial charge in [0, 0.05) is 17.8 Å². The van der Waals surface area contributed by atoms with Crippen molar-refractivity contribution in [3.63, 3.8) is 0 Å². The number of benzene rings is 2. The molecule has 2 aromatic carbocycles. The minimum absolute atomic E-state index is 0.119. The molecule has 4 aromatic rings. The number of carbonyl (C=O) groups is 1. The third-order valence-corrected chi connectivity index (χ3v) is 9.47. The number of hydrogen-bond acceptors (Lipinski definition) is 6. The van der Waals surface area contributed by atoms with E-state index < -0.39 is 16.1 Å². The van der Waals surface area contributed by atoms with Crippen molar-refractivity contribution in [2.45, 2.75) is 44.2 Å². The molecule has 0 N–H and O–H groups in total. The zero-order valence-corrected chi connectivity index (χ0v) is 22.3. The Balaban J connectivity index is 1.54. The molecule has 3 heterocycles. The highest BCUT2D eigenvalue weighted by Gasteiger charge is 2.42. The quantitative estimate of drug-likeness (QED) is 0.329. The van der Waals surface area contributed by atoms with Gasteiger partial charge in [-0.05, 0) is 80.3 Å². The SMILES string of the molecule is Cc1cc(C)c2nc(N(Cc3ccccn3)C(=O)C3CCCN3S(=O)(=O)c3ccc(Cl)cc3)sc2c1. The normalized spacial score (nSPS) is 16.5. The minimum Gasteiger partial charge on any atom is -0.281 e.